The van der Waals surface area contributed by atoms with E-state index in [1.165, 1.54) is 18.7 Å². The van der Waals surface area contributed by atoms with E-state index >= 15 is 0 Å². The summed E-state index contributed by atoms with van der Waals surface area (Å²) in [6.45, 7) is 3.42. The van der Waals surface area contributed by atoms with Gasteiger partial charge in [-0.25, -0.2) is 0 Å². The van der Waals surface area contributed by atoms with Gasteiger partial charge in [-0.1, -0.05) is 24.1 Å². The summed E-state index contributed by atoms with van der Waals surface area (Å²) in [5.41, 5.74) is 2.87. The lowest BCUT2D eigenvalue weighted by atomic mass is 10.0. The van der Waals surface area contributed by atoms with E-state index in [0.29, 0.717) is 11.8 Å². The maximum Gasteiger partial charge on any atom is 0.291 e. The number of carbonyl (C=O) groups excluding carboxylic acids is 1. The molecule has 2 fully saturated rings. The number of nitrogens with zero attached hydrogens (tertiary/aromatic N) is 2. The van der Waals surface area contributed by atoms with Gasteiger partial charge in [0.15, 0.2) is 11.5 Å². The molecule has 5 nitrogen and oxygen atoms in total. The monoisotopic (exact) mass is 411 g/mol. The minimum atomic E-state index is -0.279. The van der Waals surface area contributed by atoms with E-state index in [2.05, 4.69) is 46.1 Å². The first-order chi connectivity index (χ1) is 15.2. The van der Waals surface area contributed by atoms with Crippen molar-refractivity contribution in [2.24, 2.45) is 5.92 Å². The Hall–Kier alpha value is -3.49. The van der Waals surface area contributed by atoms with Crippen molar-refractivity contribution in [1.82, 2.24) is 4.90 Å². The summed E-state index contributed by atoms with van der Waals surface area (Å²) >= 11 is 0. The Morgan fingerprint density at radius 2 is 1.81 bits per heavy atom. The maximum absolute atomic E-state index is 12.6. The molecule has 2 saturated heterocycles. The molecule has 2 aromatic carbocycles. The molecule has 5 rings (SSSR count). The highest BCUT2D eigenvalue weighted by Gasteiger charge is 2.39. The minimum absolute atomic E-state index is 0.248. The van der Waals surface area contributed by atoms with Crippen LogP contribution in [0.3, 0.4) is 0 Å². The third kappa shape index (κ3) is 4.21. The number of amides is 1. The highest BCUT2D eigenvalue weighted by atomic mass is 16.3. The standard InChI is InChI=1S/C26H25N3O2/c1-28-17-20-15-16-29(24(20)18-28)22-10-8-21(9-11-22)27-26(30)25-14-13-23(31-25)12-7-19-5-3-2-4-6-19/h2-6,8-11,13-14,20,24H,15-18H2,1H3,(H,27,30)/t20-,24+/m0/s1. The third-order valence-corrected chi connectivity index (χ3v) is 6.12. The maximum atomic E-state index is 12.6. The van der Waals surface area contributed by atoms with Crippen LogP contribution < -0.4 is 10.2 Å². The zero-order valence-corrected chi connectivity index (χ0v) is 17.5. The number of benzene rings is 2. The molecule has 156 valence electrons. The molecule has 0 radical (unpaired) electrons. The van der Waals surface area contributed by atoms with Crippen molar-refractivity contribution in [2.75, 3.05) is 36.9 Å². The lowest BCUT2D eigenvalue weighted by molar-refractivity contribution is 0.0996. The van der Waals surface area contributed by atoms with E-state index in [-0.39, 0.29) is 11.7 Å². The molecule has 1 amide bonds. The molecule has 2 aliphatic heterocycles. The van der Waals surface area contributed by atoms with E-state index in [4.69, 9.17) is 4.42 Å². The van der Waals surface area contributed by atoms with Crippen LogP contribution in [0.5, 0.6) is 0 Å². The van der Waals surface area contributed by atoms with Gasteiger partial charge < -0.3 is 19.5 Å². The lowest BCUT2D eigenvalue weighted by Gasteiger charge is -2.26. The smallest absolute Gasteiger partial charge is 0.291 e. The molecule has 0 saturated carbocycles. The van der Waals surface area contributed by atoms with Crippen molar-refractivity contribution in [1.29, 1.82) is 0 Å². The second kappa shape index (κ2) is 8.33. The number of hydrogen-bond donors (Lipinski definition) is 1. The van der Waals surface area contributed by atoms with Crippen LogP contribution in [0.2, 0.25) is 0 Å². The summed E-state index contributed by atoms with van der Waals surface area (Å²) in [6.07, 6.45) is 1.25. The first-order valence-corrected chi connectivity index (χ1v) is 10.7. The fourth-order valence-corrected chi connectivity index (χ4v) is 4.60. The summed E-state index contributed by atoms with van der Waals surface area (Å²) in [5.74, 6) is 7.19. The average molecular weight is 412 g/mol. The Bertz CT molecular complexity index is 1120. The summed E-state index contributed by atoms with van der Waals surface area (Å²) < 4.78 is 5.60. The summed E-state index contributed by atoms with van der Waals surface area (Å²) in [4.78, 5) is 17.5. The topological polar surface area (TPSA) is 48.7 Å². The van der Waals surface area contributed by atoms with Gasteiger partial charge in [0, 0.05) is 42.6 Å². The van der Waals surface area contributed by atoms with E-state index in [1.807, 2.05) is 42.5 Å². The van der Waals surface area contributed by atoms with Crippen molar-refractivity contribution < 1.29 is 9.21 Å². The molecule has 0 unspecified atom stereocenters. The number of carbonyl (C=O) groups is 1. The van der Waals surface area contributed by atoms with Crippen LogP contribution in [-0.2, 0) is 0 Å². The molecule has 2 atom stereocenters. The van der Waals surface area contributed by atoms with Crippen LogP contribution in [0, 0.1) is 17.8 Å². The second-order valence-electron chi connectivity index (χ2n) is 8.31. The molecule has 5 heteroatoms. The van der Waals surface area contributed by atoms with Crippen molar-refractivity contribution in [3.63, 3.8) is 0 Å². The SMILES string of the molecule is CN1C[C@@H]2CCN(c3ccc(NC(=O)c4ccc(C#Cc5ccccc5)o4)cc3)[C@@H]2C1. The van der Waals surface area contributed by atoms with Crippen LogP contribution in [0.4, 0.5) is 11.4 Å². The molecule has 3 heterocycles. The average Bonchev–Trinajstić information content (AvgIpc) is 3.49. The highest BCUT2D eigenvalue weighted by Crippen LogP contribution is 2.34. The van der Waals surface area contributed by atoms with Gasteiger partial charge in [0.1, 0.15) is 0 Å². The van der Waals surface area contributed by atoms with Crippen LogP contribution in [-0.4, -0.2) is 43.5 Å². The largest absolute Gasteiger partial charge is 0.443 e. The Balaban J connectivity index is 1.22. The number of furan rings is 1. The Morgan fingerprint density at radius 3 is 2.61 bits per heavy atom. The molecule has 2 aliphatic rings. The molecule has 0 bridgehead atoms. The number of likely N-dealkylation sites (tertiary alicyclic amines) is 1. The van der Waals surface area contributed by atoms with Gasteiger partial charge in [-0.3, -0.25) is 4.79 Å². The zero-order valence-electron chi connectivity index (χ0n) is 17.5. The van der Waals surface area contributed by atoms with Gasteiger partial charge in [0.25, 0.3) is 5.91 Å². The fraction of sp³-hybridized carbons (Fsp3) is 0.269. The predicted molar refractivity (Wildman–Crippen MR) is 122 cm³/mol. The number of hydrogen-bond acceptors (Lipinski definition) is 4. The third-order valence-electron chi connectivity index (χ3n) is 6.12. The van der Waals surface area contributed by atoms with Gasteiger partial charge in [-0.05, 0) is 73.8 Å². The number of nitrogens with one attached hydrogen (secondary N) is 1. The molecule has 1 aromatic heterocycles. The van der Waals surface area contributed by atoms with Crippen LogP contribution in [0.1, 0.15) is 28.3 Å². The summed E-state index contributed by atoms with van der Waals surface area (Å²) in [5, 5.41) is 2.91. The number of anilines is 2. The fourth-order valence-electron chi connectivity index (χ4n) is 4.60. The quantitative estimate of drug-likeness (QED) is 0.660. The Labute approximate surface area is 182 Å². The lowest BCUT2D eigenvalue weighted by Crippen LogP contribution is -2.34. The first kappa shape index (κ1) is 19.5. The van der Waals surface area contributed by atoms with Gasteiger partial charge in [-0.15, -0.1) is 0 Å². The van der Waals surface area contributed by atoms with Crippen molar-refractivity contribution in [3.8, 4) is 11.8 Å². The van der Waals surface area contributed by atoms with Crippen LogP contribution >= 0.6 is 0 Å². The summed E-state index contributed by atoms with van der Waals surface area (Å²) in [7, 11) is 2.20. The molecular weight excluding hydrogens is 386 g/mol. The minimum Gasteiger partial charge on any atom is -0.443 e. The van der Waals surface area contributed by atoms with Crippen LogP contribution in [0.15, 0.2) is 71.1 Å². The van der Waals surface area contributed by atoms with Crippen molar-refractivity contribution in [3.05, 3.63) is 83.8 Å². The van der Waals surface area contributed by atoms with E-state index < -0.39 is 0 Å². The number of fused-ring (bicyclic) bond motifs is 1. The Morgan fingerprint density at radius 1 is 1.00 bits per heavy atom. The molecule has 3 aromatic rings. The van der Waals surface area contributed by atoms with Gasteiger partial charge in [0.05, 0.1) is 0 Å². The van der Waals surface area contributed by atoms with E-state index in [1.54, 1.807) is 12.1 Å². The molecular formula is C26H25N3O2. The number of likely N-dealkylation sites (N-methyl/N-ethyl adjacent to an activating group) is 1. The van der Waals surface area contributed by atoms with Gasteiger partial charge in [-0.2, -0.15) is 0 Å². The van der Waals surface area contributed by atoms with Crippen LogP contribution in [0.25, 0.3) is 0 Å². The second-order valence-corrected chi connectivity index (χ2v) is 8.31. The van der Waals surface area contributed by atoms with E-state index in [0.717, 1.165) is 30.3 Å². The molecule has 0 aliphatic carbocycles. The Kier molecular flexibility index (Phi) is 5.23. The van der Waals surface area contributed by atoms with Gasteiger partial charge >= 0.3 is 0 Å². The van der Waals surface area contributed by atoms with E-state index in [9.17, 15) is 4.79 Å². The van der Waals surface area contributed by atoms with Crippen molar-refractivity contribution >= 4 is 17.3 Å². The molecule has 31 heavy (non-hydrogen) atoms. The summed E-state index contributed by atoms with van der Waals surface area (Å²) in [6, 6.07) is 21.7. The zero-order chi connectivity index (χ0) is 21.2. The molecule has 1 N–H and O–H groups in total. The molecule has 0 spiro atoms. The highest BCUT2D eigenvalue weighted by molar-refractivity contribution is 6.02. The predicted octanol–water partition coefficient (Wildman–Crippen LogP) is 4.07. The first-order valence-electron chi connectivity index (χ1n) is 10.7. The van der Waals surface area contributed by atoms with Gasteiger partial charge in [0.2, 0.25) is 0 Å². The number of rotatable bonds is 3. The normalized spacial score (nSPS) is 20.2. The van der Waals surface area contributed by atoms with Crippen molar-refractivity contribution in [2.45, 2.75) is 12.5 Å².